The Morgan fingerprint density at radius 1 is 1.29 bits per heavy atom. The number of aromatic carboxylic acids is 1. The zero-order valence-electron chi connectivity index (χ0n) is 11.2. The number of benzene rings is 1. The third-order valence-electron chi connectivity index (χ3n) is 2.86. The highest BCUT2D eigenvalue weighted by Crippen LogP contribution is 2.37. The van der Waals surface area contributed by atoms with Gasteiger partial charge in [0.25, 0.3) is 0 Å². The van der Waals surface area contributed by atoms with Crippen LogP contribution in [0.1, 0.15) is 41.6 Å². The topological polar surface area (TPSA) is 63.3 Å². The quantitative estimate of drug-likeness (QED) is 0.923. The fourth-order valence-electron chi connectivity index (χ4n) is 1.91. The molecule has 0 amide bonds. The van der Waals surface area contributed by atoms with Crippen LogP contribution in [-0.4, -0.2) is 16.1 Å². The van der Waals surface area contributed by atoms with Crippen molar-refractivity contribution in [3.8, 4) is 11.5 Å². The van der Waals surface area contributed by atoms with E-state index < -0.39 is 23.5 Å². The first kappa shape index (κ1) is 15.1. The van der Waals surface area contributed by atoms with Gasteiger partial charge in [0.05, 0.1) is 11.3 Å². The van der Waals surface area contributed by atoms with Crippen molar-refractivity contribution in [1.82, 2.24) is 4.98 Å². The van der Waals surface area contributed by atoms with Gasteiger partial charge >= 0.3 is 12.1 Å². The molecule has 0 saturated heterocycles. The number of aromatic nitrogens is 1. The number of carbonyl (C=O) groups is 1. The molecule has 1 heterocycles. The molecule has 1 N–H and O–H groups in total. The fourth-order valence-corrected chi connectivity index (χ4v) is 1.91. The van der Waals surface area contributed by atoms with E-state index in [0.717, 1.165) is 6.07 Å². The fraction of sp³-hybridized carbons (Fsp3) is 0.286. The summed E-state index contributed by atoms with van der Waals surface area (Å²) in [5.74, 6) is -2.42. The molecule has 0 bridgehead atoms. The second kappa shape index (κ2) is 5.23. The van der Waals surface area contributed by atoms with Gasteiger partial charge in [0.15, 0.2) is 0 Å². The Bertz CT molecular complexity index is 674. The van der Waals surface area contributed by atoms with Gasteiger partial charge in [0, 0.05) is 5.56 Å². The Hall–Kier alpha value is -2.31. The molecule has 0 atom stereocenters. The van der Waals surface area contributed by atoms with Crippen molar-refractivity contribution in [2.75, 3.05) is 0 Å². The van der Waals surface area contributed by atoms with E-state index in [1.54, 1.807) is 13.8 Å². The molecule has 2 aromatic rings. The zero-order chi connectivity index (χ0) is 15.8. The average Bonchev–Trinajstić information content (AvgIpc) is 2.83. The summed E-state index contributed by atoms with van der Waals surface area (Å²) in [6.07, 6.45) is -4.58. The minimum atomic E-state index is -4.58. The summed E-state index contributed by atoms with van der Waals surface area (Å²) in [5.41, 5.74) is -1.08. The van der Waals surface area contributed by atoms with Crippen molar-refractivity contribution < 1.29 is 27.5 Å². The maximum Gasteiger partial charge on any atom is 0.417 e. The first-order chi connectivity index (χ1) is 9.71. The lowest BCUT2D eigenvalue weighted by molar-refractivity contribution is -0.137. The molecule has 0 aliphatic carbocycles. The van der Waals surface area contributed by atoms with Crippen molar-refractivity contribution in [2.45, 2.75) is 25.9 Å². The number of hydrogen-bond acceptors (Lipinski definition) is 3. The highest BCUT2D eigenvalue weighted by molar-refractivity contribution is 5.86. The average molecular weight is 299 g/mol. The summed E-state index contributed by atoms with van der Waals surface area (Å²) in [4.78, 5) is 15.0. The molecular formula is C14H12F3NO3. The molecule has 0 radical (unpaired) electrons. The molecule has 112 valence electrons. The van der Waals surface area contributed by atoms with E-state index >= 15 is 0 Å². The molecule has 7 heteroatoms. The van der Waals surface area contributed by atoms with Gasteiger partial charge in [0.1, 0.15) is 0 Å². The molecule has 21 heavy (non-hydrogen) atoms. The van der Waals surface area contributed by atoms with Crippen LogP contribution in [0.15, 0.2) is 28.7 Å². The zero-order valence-corrected chi connectivity index (χ0v) is 11.2. The summed E-state index contributed by atoms with van der Waals surface area (Å²) in [6.45, 7) is 3.37. The number of oxazole rings is 1. The number of halogens is 3. The molecule has 0 saturated carbocycles. The number of nitrogens with zero attached hydrogens (tertiary/aromatic N) is 1. The number of carboxylic acids is 1. The largest absolute Gasteiger partial charge is 0.475 e. The smallest absolute Gasteiger partial charge is 0.417 e. The molecular weight excluding hydrogens is 287 g/mol. The summed E-state index contributed by atoms with van der Waals surface area (Å²) in [7, 11) is 0. The SMILES string of the molecule is CC(C)c1nc(-c2ccccc2C(F)(F)F)oc1C(=O)O. The number of rotatable bonds is 3. The number of carboxylic acid groups (broad SMARTS) is 1. The molecule has 2 rings (SSSR count). The first-order valence-corrected chi connectivity index (χ1v) is 6.12. The van der Waals surface area contributed by atoms with E-state index in [-0.39, 0.29) is 23.1 Å². The predicted octanol–water partition coefficient (Wildman–Crippen LogP) is 4.18. The lowest BCUT2D eigenvalue weighted by Gasteiger charge is -2.09. The second-order valence-electron chi connectivity index (χ2n) is 4.74. The molecule has 1 aromatic heterocycles. The van der Waals surface area contributed by atoms with Gasteiger partial charge in [-0.2, -0.15) is 13.2 Å². The first-order valence-electron chi connectivity index (χ1n) is 6.12. The van der Waals surface area contributed by atoms with Crippen LogP contribution in [0.5, 0.6) is 0 Å². The van der Waals surface area contributed by atoms with Gasteiger partial charge in [-0.15, -0.1) is 0 Å². The highest BCUT2D eigenvalue weighted by Gasteiger charge is 2.35. The van der Waals surface area contributed by atoms with Crippen LogP contribution in [0, 0.1) is 0 Å². The van der Waals surface area contributed by atoms with Crippen LogP contribution in [0.3, 0.4) is 0 Å². The summed E-state index contributed by atoms with van der Waals surface area (Å²) in [5, 5.41) is 9.05. The van der Waals surface area contributed by atoms with Crippen LogP contribution in [0.2, 0.25) is 0 Å². The van der Waals surface area contributed by atoms with Crippen LogP contribution in [-0.2, 0) is 6.18 Å². The summed E-state index contributed by atoms with van der Waals surface area (Å²) >= 11 is 0. The van der Waals surface area contributed by atoms with E-state index in [2.05, 4.69) is 4.98 Å². The van der Waals surface area contributed by atoms with Gasteiger partial charge in [0.2, 0.25) is 11.7 Å². The van der Waals surface area contributed by atoms with Crippen LogP contribution < -0.4 is 0 Å². The third-order valence-corrected chi connectivity index (χ3v) is 2.86. The monoisotopic (exact) mass is 299 g/mol. The van der Waals surface area contributed by atoms with E-state index in [1.807, 2.05) is 0 Å². The van der Waals surface area contributed by atoms with Crippen molar-refractivity contribution in [2.24, 2.45) is 0 Å². The van der Waals surface area contributed by atoms with E-state index in [4.69, 9.17) is 9.52 Å². The van der Waals surface area contributed by atoms with E-state index in [1.165, 1.54) is 18.2 Å². The lowest BCUT2D eigenvalue weighted by atomic mass is 10.1. The van der Waals surface area contributed by atoms with Gasteiger partial charge in [-0.1, -0.05) is 26.0 Å². The molecule has 0 aliphatic heterocycles. The number of alkyl halides is 3. The van der Waals surface area contributed by atoms with Crippen LogP contribution >= 0.6 is 0 Å². The second-order valence-corrected chi connectivity index (χ2v) is 4.74. The summed E-state index contributed by atoms with van der Waals surface area (Å²) < 4.78 is 44.0. The molecule has 1 aromatic carbocycles. The lowest BCUT2D eigenvalue weighted by Crippen LogP contribution is -2.06. The predicted molar refractivity (Wildman–Crippen MR) is 68.0 cm³/mol. The maximum atomic E-state index is 13.0. The maximum absolute atomic E-state index is 13.0. The van der Waals surface area contributed by atoms with Gasteiger partial charge in [-0.25, -0.2) is 9.78 Å². The number of hydrogen-bond donors (Lipinski definition) is 1. The highest BCUT2D eigenvalue weighted by atomic mass is 19.4. The van der Waals surface area contributed by atoms with E-state index in [0.29, 0.717) is 0 Å². The van der Waals surface area contributed by atoms with Gasteiger partial charge in [-0.05, 0) is 18.1 Å². The Morgan fingerprint density at radius 2 is 1.90 bits per heavy atom. The van der Waals surface area contributed by atoms with Crippen molar-refractivity contribution in [3.05, 3.63) is 41.3 Å². The Balaban J connectivity index is 2.64. The Labute approximate surface area is 118 Å². The standard InChI is InChI=1S/C14H12F3NO3/c1-7(2)10-11(13(19)20)21-12(18-10)8-5-3-4-6-9(8)14(15,16)17/h3-7H,1-2H3,(H,19,20). The van der Waals surface area contributed by atoms with E-state index in [9.17, 15) is 18.0 Å². The van der Waals surface area contributed by atoms with Gasteiger partial charge < -0.3 is 9.52 Å². The van der Waals surface area contributed by atoms with Crippen LogP contribution in [0.4, 0.5) is 13.2 Å². The molecule has 0 fully saturated rings. The van der Waals surface area contributed by atoms with Crippen molar-refractivity contribution in [1.29, 1.82) is 0 Å². The molecule has 0 aliphatic rings. The van der Waals surface area contributed by atoms with Crippen LogP contribution in [0.25, 0.3) is 11.5 Å². The summed E-state index contributed by atoms with van der Waals surface area (Å²) in [6, 6.07) is 4.75. The Morgan fingerprint density at radius 3 is 2.38 bits per heavy atom. The normalized spacial score (nSPS) is 11.9. The molecule has 0 unspecified atom stereocenters. The molecule has 0 spiro atoms. The van der Waals surface area contributed by atoms with Crippen molar-refractivity contribution >= 4 is 5.97 Å². The minimum Gasteiger partial charge on any atom is -0.475 e. The minimum absolute atomic E-state index is 0.120. The van der Waals surface area contributed by atoms with Crippen molar-refractivity contribution in [3.63, 3.8) is 0 Å². The third kappa shape index (κ3) is 2.91. The molecule has 4 nitrogen and oxygen atoms in total. The Kier molecular flexibility index (Phi) is 3.76. The van der Waals surface area contributed by atoms with Gasteiger partial charge in [-0.3, -0.25) is 0 Å².